The second-order valence-corrected chi connectivity index (χ2v) is 7.35. The minimum atomic E-state index is -0.299. The van der Waals surface area contributed by atoms with Crippen LogP contribution in [-0.4, -0.2) is 29.7 Å². The Balaban J connectivity index is 1.69. The maximum atomic E-state index is 13.1. The summed E-state index contributed by atoms with van der Waals surface area (Å²) >= 11 is 1.38. The molecule has 0 aliphatic carbocycles. The number of nitrogens with zero attached hydrogens (tertiary/aromatic N) is 2. The van der Waals surface area contributed by atoms with Gasteiger partial charge in [0.15, 0.2) is 11.5 Å². The van der Waals surface area contributed by atoms with Crippen molar-refractivity contribution in [2.24, 2.45) is 0 Å². The van der Waals surface area contributed by atoms with Crippen molar-refractivity contribution in [1.82, 2.24) is 9.55 Å². The molecular formula is C22H19N3O4S. The molecule has 2 aromatic heterocycles. The van der Waals surface area contributed by atoms with Crippen molar-refractivity contribution in [3.8, 4) is 22.6 Å². The molecule has 4 aromatic rings. The molecule has 0 unspecified atom stereocenters. The molecule has 0 aliphatic rings. The number of nitrogens with one attached hydrogen (secondary N) is 1. The Morgan fingerprint density at radius 2 is 1.87 bits per heavy atom. The second kappa shape index (κ2) is 8.38. The number of hydrogen-bond acceptors (Lipinski definition) is 6. The number of thiophene rings is 1. The van der Waals surface area contributed by atoms with Gasteiger partial charge in [-0.05, 0) is 29.8 Å². The van der Waals surface area contributed by atoms with E-state index in [2.05, 4.69) is 10.3 Å². The number of carbonyl (C=O) groups excluding carboxylic acids is 1. The summed E-state index contributed by atoms with van der Waals surface area (Å²) in [6, 6.07) is 14.6. The lowest BCUT2D eigenvalue weighted by Crippen LogP contribution is -2.27. The van der Waals surface area contributed by atoms with Crippen molar-refractivity contribution in [3.05, 3.63) is 70.6 Å². The molecule has 1 amide bonds. The van der Waals surface area contributed by atoms with E-state index >= 15 is 0 Å². The lowest BCUT2D eigenvalue weighted by atomic mass is 10.1. The van der Waals surface area contributed by atoms with Gasteiger partial charge in [-0.15, -0.1) is 11.3 Å². The van der Waals surface area contributed by atoms with E-state index in [-0.39, 0.29) is 18.0 Å². The summed E-state index contributed by atoms with van der Waals surface area (Å²) in [5.41, 5.74) is 1.95. The third-order valence-electron chi connectivity index (χ3n) is 4.63. The van der Waals surface area contributed by atoms with Crippen molar-refractivity contribution < 1.29 is 14.3 Å². The number of methoxy groups -OCH3 is 2. The highest BCUT2D eigenvalue weighted by Gasteiger charge is 2.16. The van der Waals surface area contributed by atoms with E-state index in [4.69, 9.17) is 9.47 Å². The van der Waals surface area contributed by atoms with Crippen LogP contribution in [0.25, 0.3) is 21.3 Å². The zero-order valence-electron chi connectivity index (χ0n) is 16.4. The Morgan fingerprint density at radius 3 is 2.60 bits per heavy atom. The molecule has 8 heteroatoms. The zero-order valence-corrected chi connectivity index (χ0v) is 17.2. The van der Waals surface area contributed by atoms with Gasteiger partial charge in [0, 0.05) is 16.6 Å². The first-order chi connectivity index (χ1) is 14.6. The van der Waals surface area contributed by atoms with Gasteiger partial charge in [-0.2, -0.15) is 0 Å². The maximum absolute atomic E-state index is 13.1. The summed E-state index contributed by atoms with van der Waals surface area (Å²) in [7, 11) is 3.13. The quantitative estimate of drug-likeness (QED) is 0.512. The van der Waals surface area contributed by atoms with Crippen LogP contribution in [0.3, 0.4) is 0 Å². The Kier molecular flexibility index (Phi) is 5.49. The highest BCUT2D eigenvalue weighted by Crippen LogP contribution is 2.36. The fourth-order valence-corrected chi connectivity index (χ4v) is 4.08. The molecule has 0 spiro atoms. The first kappa shape index (κ1) is 19.7. The first-order valence-electron chi connectivity index (χ1n) is 9.14. The summed E-state index contributed by atoms with van der Waals surface area (Å²) in [5, 5.41) is 5.14. The van der Waals surface area contributed by atoms with Crippen molar-refractivity contribution in [2.75, 3.05) is 19.5 Å². The molecule has 30 heavy (non-hydrogen) atoms. The van der Waals surface area contributed by atoms with Crippen molar-refractivity contribution in [1.29, 1.82) is 0 Å². The maximum Gasteiger partial charge on any atom is 0.263 e. The van der Waals surface area contributed by atoms with Crippen LogP contribution in [0.5, 0.6) is 11.5 Å². The van der Waals surface area contributed by atoms with E-state index in [9.17, 15) is 9.59 Å². The lowest BCUT2D eigenvalue weighted by molar-refractivity contribution is -0.116. The molecule has 0 radical (unpaired) electrons. The van der Waals surface area contributed by atoms with Crippen LogP contribution >= 0.6 is 11.3 Å². The van der Waals surface area contributed by atoms with Crippen LogP contribution in [0.4, 0.5) is 5.69 Å². The molecule has 0 fully saturated rings. The molecule has 0 saturated carbocycles. The molecule has 0 saturated heterocycles. The normalized spacial score (nSPS) is 10.7. The molecule has 0 bridgehead atoms. The number of carbonyl (C=O) groups is 1. The number of aromatic nitrogens is 2. The highest BCUT2D eigenvalue weighted by molar-refractivity contribution is 7.17. The van der Waals surface area contributed by atoms with Gasteiger partial charge in [0.25, 0.3) is 5.56 Å². The number of para-hydroxylation sites is 1. The van der Waals surface area contributed by atoms with Crippen molar-refractivity contribution >= 4 is 33.1 Å². The molecule has 1 N–H and O–H groups in total. The average Bonchev–Trinajstić information content (AvgIpc) is 3.21. The van der Waals surface area contributed by atoms with E-state index in [0.717, 1.165) is 11.1 Å². The molecule has 4 rings (SSSR count). The van der Waals surface area contributed by atoms with E-state index in [1.165, 1.54) is 22.2 Å². The minimum absolute atomic E-state index is 0.127. The van der Waals surface area contributed by atoms with E-state index in [1.54, 1.807) is 32.4 Å². The SMILES string of the molecule is COc1ccc(-c2csc3ncn(CC(=O)Nc4ccccc4)c(=O)c23)cc1OC. The molecule has 152 valence electrons. The lowest BCUT2D eigenvalue weighted by Gasteiger charge is -2.10. The smallest absolute Gasteiger partial charge is 0.263 e. The number of ether oxygens (including phenoxy) is 2. The van der Waals surface area contributed by atoms with Crippen LogP contribution < -0.4 is 20.3 Å². The number of anilines is 1. The summed E-state index contributed by atoms with van der Waals surface area (Å²) in [5.74, 6) is 0.877. The van der Waals surface area contributed by atoms with Gasteiger partial charge in [0.2, 0.25) is 5.91 Å². The van der Waals surface area contributed by atoms with Gasteiger partial charge < -0.3 is 14.8 Å². The Morgan fingerprint density at radius 1 is 1.10 bits per heavy atom. The summed E-state index contributed by atoms with van der Waals surface area (Å²) in [4.78, 5) is 30.5. The van der Waals surface area contributed by atoms with Crippen LogP contribution in [0.15, 0.2) is 65.0 Å². The van der Waals surface area contributed by atoms with Gasteiger partial charge in [0.1, 0.15) is 11.4 Å². The third-order valence-corrected chi connectivity index (χ3v) is 5.51. The second-order valence-electron chi connectivity index (χ2n) is 6.49. The van der Waals surface area contributed by atoms with Crippen molar-refractivity contribution in [2.45, 2.75) is 6.54 Å². The van der Waals surface area contributed by atoms with E-state index < -0.39 is 0 Å². The van der Waals surface area contributed by atoms with E-state index in [1.807, 2.05) is 35.7 Å². The number of amides is 1. The molecule has 7 nitrogen and oxygen atoms in total. The minimum Gasteiger partial charge on any atom is -0.493 e. The number of rotatable bonds is 6. The van der Waals surface area contributed by atoms with Crippen LogP contribution in [0.2, 0.25) is 0 Å². The topological polar surface area (TPSA) is 82.5 Å². The van der Waals surface area contributed by atoms with Crippen LogP contribution in [-0.2, 0) is 11.3 Å². The molecule has 0 aliphatic heterocycles. The number of fused-ring (bicyclic) bond motifs is 1. The number of hydrogen-bond donors (Lipinski definition) is 1. The van der Waals surface area contributed by atoms with Gasteiger partial charge in [-0.1, -0.05) is 24.3 Å². The highest BCUT2D eigenvalue weighted by atomic mass is 32.1. The first-order valence-corrected chi connectivity index (χ1v) is 10.0. The molecule has 2 heterocycles. The van der Waals surface area contributed by atoms with Gasteiger partial charge in [-0.25, -0.2) is 4.98 Å². The predicted octanol–water partition coefficient (Wildman–Crippen LogP) is 3.78. The van der Waals surface area contributed by atoms with Gasteiger partial charge in [0.05, 0.1) is 25.9 Å². The molecule has 2 aromatic carbocycles. The third kappa shape index (κ3) is 3.77. The fourth-order valence-electron chi connectivity index (χ4n) is 3.17. The Labute approximate surface area is 176 Å². The van der Waals surface area contributed by atoms with E-state index in [0.29, 0.717) is 27.4 Å². The summed E-state index contributed by atoms with van der Waals surface area (Å²) in [6.45, 7) is -0.127. The van der Waals surface area contributed by atoms with Crippen molar-refractivity contribution in [3.63, 3.8) is 0 Å². The molecular weight excluding hydrogens is 402 g/mol. The number of benzene rings is 2. The van der Waals surface area contributed by atoms with Crippen LogP contribution in [0, 0.1) is 0 Å². The van der Waals surface area contributed by atoms with Gasteiger partial charge >= 0.3 is 0 Å². The largest absolute Gasteiger partial charge is 0.493 e. The zero-order chi connectivity index (χ0) is 21.1. The molecule has 0 atom stereocenters. The monoisotopic (exact) mass is 421 g/mol. The summed E-state index contributed by atoms with van der Waals surface area (Å²) < 4.78 is 12.0. The Bertz CT molecular complexity index is 1260. The van der Waals surface area contributed by atoms with Crippen LogP contribution in [0.1, 0.15) is 0 Å². The van der Waals surface area contributed by atoms with Gasteiger partial charge in [-0.3, -0.25) is 14.2 Å². The summed E-state index contributed by atoms with van der Waals surface area (Å²) in [6.07, 6.45) is 1.41. The predicted molar refractivity (Wildman–Crippen MR) is 117 cm³/mol. The standard InChI is InChI=1S/C22H19N3O4S/c1-28-17-9-8-14(10-18(17)29-2)16-12-30-21-20(16)22(27)25(13-23-21)11-19(26)24-15-6-4-3-5-7-15/h3-10,12-13H,11H2,1-2H3,(H,24,26). The fraction of sp³-hybridized carbons (Fsp3) is 0.136. The Hall–Kier alpha value is -3.65. The average molecular weight is 421 g/mol.